The number of amides is 1. The molecule has 27 heavy (non-hydrogen) atoms. The van der Waals surface area contributed by atoms with E-state index in [1.54, 1.807) is 12.1 Å². The van der Waals surface area contributed by atoms with Crippen molar-refractivity contribution in [3.05, 3.63) is 59.2 Å². The fourth-order valence-corrected chi connectivity index (χ4v) is 4.08. The van der Waals surface area contributed by atoms with Crippen molar-refractivity contribution in [1.29, 1.82) is 0 Å². The van der Waals surface area contributed by atoms with E-state index in [1.807, 2.05) is 0 Å². The van der Waals surface area contributed by atoms with E-state index in [1.165, 1.54) is 22.5 Å². The second kappa shape index (κ2) is 6.88. The number of alkyl halides is 3. The number of hydrogen-bond acceptors (Lipinski definition) is 3. The normalized spacial score (nSPS) is 14.6. The van der Waals surface area contributed by atoms with Crippen molar-refractivity contribution < 1.29 is 26.4 Å². The number of hydrogen-bond donors (Lipinski definition) is 1. The van der Waals surface area contributed by atoms with Crippen molar-refractivity contribution in [1.82, 2.24) is 0 Å². The Morgan fingerprint density at radius 3 is 2.52 bits per heavy atom. The van der Waals surface area contributed by atoms with Gasteiger partial charge in [0.2, 0.25) is 10.0 Å². The number of aryl methyl sites for hydroxylation is 1. The molecule has 1 N–H and O–H groups in total. The molecule has 1 aliphatic rings. The molecule has 0 aromatic heterocycles. The van der Waals surface area contributed by atoms with Crippen LogP contribution in [-0.2, 0) is 22.6 Å². The molecule has 1 amide bonds. The molecule has 2 aromatic rings. The van der Waals surface area contributed by atoms with Crippen LogP contribution in [0.1, 0.15) is 27.9 Å². The van der Waals surface area contributed by atoms with Crippen LogP contribution in [0, 0.1) is 0 Å². The van der Waals surface area contributed by atoms with Crippen molar-refractivity contribution in [2.24, 2.45) is 0 Å². The molecule has 0 radical (unpaired) electrons. The number of carbonyl (C=O) groups excluding carboxylic acids is 1. The second-order valence-electron chi connectivity index (χ2n) is 6.28. The SMILES string of the molecule is CS(=O)(=O)N1CCCc2ccc(NC(=O)c3ccccc3C(F)(F)F)cc21. The molecule has 0 saturated carbocycles. The molecule has 2 aromatic carbocycles. The summed E-state index contributed by atoms with van der Waals surface area (Å²) in [5.74, 6) is -0.912. The summed E-state index contributed by atoms with van der Waals surface area (Å²) >= 11 is 0. The minimum atomic E-state index is -4.66. The Morgan fingerprint density at radius 1 is 1.15 bits per heavy atom. The van der Waals surface area contributed by atoms with Crippen LogP contribution in [0.3, 0.4) is 0 Å². The molecule has 0 unspecified atom stereocenters. The number of carbonyl (C=O) groups is 1. The lowest BCUT2D eigenvalue weighted by Gasteiger charge is -2.29. The van der Waals surface area contributed by atoms with E-state index in [0.29, 0.717) is 25.1 Å². The lowest BCUT2D eigenvalue weighted by molar-refractivity contribution is -0.137. The van der Waals surface area contributed by atoms with Gasteiger partial charge in [0.1, 0.15) is 0 Å². The number of nitrogens with zero attached hydrogens (tertiary/aromatic N) is 1. The lowest BCUT2D eigenvalue weighted by atomic mass is 10.0. The Bertz CT molecular complexity index is 988. The third-order valence-corrected chi connectivity index (χ3v) is 5.48. The van der Waals surface area contributed by atoms with Gasteiger partial charge in [0.25, 0.3) is 5.91 Å². The van der Waals surface area contributed by atoms with E-state index >= 15 is 0 Å². The highest BCUT2D eigenvalue weighted by molar-refractivity contribution is 7.92. The monoisotopic (exact) mass is 398 g/mol. The van der Waals surface area contributed by atoms with Crippen LogP contribution in [-0.4, -0.2) is 27.1 Å². The summed E-state index contributed by atoms with van der Waals surface area (Å²) in [6, 6.07) is 9.21. The molecular weight excluding hydrogens is 381 g/mol. The van der Waals surface area contributed by atoms with Crippen LogP contribution in [0.2, 0.25) is 0 Å². The number of fused-ring (bicyclic) bond motifs is 1. The van der Waals surface area contributed by atoms with Crippen LogP contribution in [0.5, 0.6) is 0 Å². The molecule has 0 atom stereocenters. The maximum Gasteiger partial charge on any atom is 0.417 e. The van der Waals surface area contributed by atoms with Crippen molar-refractivity contribution in [2.75, 3.05) is 22.4 Å². The smallest absolute Gasteiger partial charge is 0.322 e. The molecule has 9 heteroatoms. The van der Waals surface area contributed by atoms with E-state index in [4.69, 9.17) is 0 Å². The summed E-state index contributed by atoms with van der Waals surface area (Å²) in [5, 5.41) is 2.43. The summed E-state index contributed by atoms with van der Waals surface area (Å²) in [5.41, 5.74) is -0.0572. The first-order valence-corrected chi connectivity index (χ1v) is 10.0. The number of anilines is 2. The first-order valence-electron chi connectivity index (χ1n) is 8.15. The van der Waals surface area contributed by atoms with Crippen molar-refractivity contribution >= 4 is 27.3 Å². The first-order chi connectivity index (χ1) is 12.6. The van der Waals surface area contributed by atoms with Gasteiger partial charge < -0.3 is 5.32 Å². The summed E-state index contributed by atoms with van der Waals surface area (Å²) in [6.45, 7) is 0.320. The quantitative estimate of drug-likeness (QED) is 0.858. The average Bonchev–Trinajstić information content (AvgIpc) is 2.59. The molecule has 0 saturated heterocycles. The molecular formula is C18H17F3N2O3S. The van der Waals surface area contributed by atoms with Crippen LogP contribution >= 0.6 is 0 Å². The van der Waals surface area contributed by atoms with E-state index in [-0.39, 0.29) is 5.69 Å². The number of rotatable bonds is 3. The Kier molecular flexibility index (Phi) is 4.90. The number of nitrogens with one attached hydrogen (secondary N) is 1. The largest absolute Gasteiger partial charge is 0.417 e. The molecule has 1 aliphatic heterocycles. The van der Waals surface area contributed by atoms with Crippen LogP contribution < -0.4 is 9.62 Å². The molecule has 0 fully saturated rings. The van der Waals surface area contributed by atoms with Crippen molar-refractivity contribution in [3.8, 4) is 0 Å². The van der Waals surface area contributed by atoms with E-state index in [0.717, 1.165) is 24.0 Å². The predicted molar refractivity (Wildman–Crippen MR) is 96.4 cm³/mol. The standard InChI is InChI=1S/C18H17F3N2O3S/c1-27(25,26)23-10-4-5-12-8-9-13(11-16(12)23)22-17(24)14-6-2-3-7-15(14)18(19,20)21/h2-3,6-9,11H,4-5,10H2,1H3,(H,22,24). The van der Waals surface area contributed by atoms with Crippen LogP contribution in [0.4, 0.5) is 24.5 Å². The van der Waals surface area contributed by atoms with Crippen molar-refractivity contribution in [3.63, 3.8) is 0 Å². The van der Waals surface area contributed by atoms with Gasteiger partial charge in [-0.2, -0.15) is 13.2 Å². The van der Waals surface area contributed by atoms with Crippen LogP contribution in [0.15, 0.2) is 42.5 Å². The Hall–Kier alpha value is -2.55. The fraction of sp³-hybridized carbons (Fsp3) is 0.278. The zero-order valence-electron chi connectivity index (χ0n) is 14.4. The number of sulfonamides is 1. The van der Waals surface area contributed by atoms with Gasteiger partial charge in [0.15, 0.2) is 0 Å². The Balaban J connectivity index is 1.93. The maximum atomic E-state index is 13.1. The number of halogens is 3. The highest BCUT2D eigenvalue weighted by Crippen LogP contribution is 2.34. The summed E-state index contributed by atoms with van der Waals surface area (Å²) in [7, 11) is -3.49. The highest BCUT2D eigenvalue weighted by Gasteiger charge is 2.35. The van der Waals surface area contributed by atoms with E-state index in [9.17, 15) is 26.4 Å². The van der Waals surface area contributed by atoms with Gasteiger partial charge in [-0.3, -0.25) is 9.10 Å². The summed E-state index contributed by atoms with van der Waals surface area (Å²) < 4.78 is 64.5. The fourth-order valence-electron chi connectivity index (χ4n) is 3.09. The molecule has 0 spiro atoms. The van der Waals surface area contributed by atoms with Gasteiger partial charge in [-0.05, 0) is 42.7 Å². The van der Waals surface area contributed by atoms with Crippen LogP contribution in [0.25, 0.3) is 0 Å². The molecule has 0 aliphatic carbocycles. The predicted octanol–water partition coefficient (Wildman–Crippen LogP) is 3.67. The van der Waals surface area contributed by atoms with Gasteiger partial charge in [0, 0.05) is 12.2 Å². The topological polar surface area (TPSA) is 66.5 Å². The lowest BCUT2D eigenvalue weighted by Crippen LogP contribution is -2.34. The molecule has 5 nitrogen and oxygen atoms in total. The third kappa shape index (κ3) is 4.08. The van der Waals surface area contributed by atoms with Gasteiger partial charge in [-0.25, -0.2) is 8.42 Å². The van der Waals surface area contributed by atoms with Gasteiger partial charge >= 0.3 is 6.18 Å². The molecule has 144 valence electrons. The van der Waals surface area contributed by atoms with E-state index < -0.39 is 33.2 Å². The van der Waals surface area contributed by atoms with E-state index in [2.05, 4.69) is 5.32 Å². The average molecular weight is 398 g/mol. The zero-order chi connectivity index (χ0) is 19.8. The van der Waals surface area contributed by atoms with Gasteiger partial charge in [0.05, 0.1) is 23.1 Å². The minimum Gasteiger partial charge on any atom is -0.322 e. The van der Waals surface area contributed by atoms with Gasteiger partial charge in [-0.15, -0.1) is 0 Å². The molecule has 0 bridgehead atoms. The molecule has 1 heterocycles. The number of benzene rings is 2. The zero-order valence-corrected chi connectivity index (χ0v) is 15.2. The Labute approximate surface area is 154 Å². The second-order valence-corrected chi connectivity index (χ2v) is 8.19. The molecule has 3 rings (SSSR count). The Morgan fingerprint density at radius 2 is 1.85 bits per heavy atom. The van der Waals surface area contributed by atoms with Crippen molar-refractivity contribution in [2.45, 2.75) is 19.0 Å². The highest BCUT2D eigenvalue weighted by atomic mass is 32.2. The summed E-state index contributed by atoms with van der Waals surface area (Å²) in [4.78, 5) is 12.4. The first kappa shape index (κ1) is 19.2. The summed E-state index contributed by atoms with van der Waals surface area (Å²) in [6.07, 6.45) is -2.21. The third-order valence-electron chi connectivity index (χ3n) is 4.30. The maximum absolute atomic E-state index is 13.1. The van der Waals surface area contributed by atoms with Gasteiger partial charge in [-0.1, -0.05) is 18.2 Å². The minimum absolute atomic E-state index is 0.228.